The fourth-order valence-electron chi connectivity index (χ4n) is 1.48. The van der Waals surface area contributed by atoms with E-state index in [1.54, 1.807) is 22.9 Å². The number of hydrogen-bond donors (Lipinski definition) is 1. The van der Waals surface area contributed by atoms with E-state index in [2.05, 4.69) is 27.9 Å². The average molecular weight is 374 g/mol. The molecule has 2 rings (SSSR count). The Balaban J connectivity index is 2.19. The Hall–Kier alpha value is -1.15. The summed E-state index contributed by atoms with van der Waals surface area (Å²) in [7, 11) is 0. The van der Waals surface area contributed by atoms with Crippen LogP contribution in [0.5, 0.6) is 0 Å². The predicted octanol–water partition coefficient (Wildman–Crippen LogP) is 2.79. The van der Waals surface area contributed by atoms with Gasteiger partial charge in [0.05, 0.1) is 13.4 Å². The van der Waals surface area contributed by atoms with Crippen molar-refractivity contribution in [3.63, 3.8) is 0 Å². The van der Waals surface area contributed by atoms with Gasteiger partial charge in [-0.1, -0.05) is 0 Å². The van der Waals surface area contributed by atoms with Crippen molar-refractivity contribution in [2.75, 3.05) is 5.32 Å². The first-order valence-corrected chi connectivity index (χ1v) is 7.27. The third-order valence-electron chi connectivity index (χ3n) is 2.38. The first-order chi connectivity index (χ1) is 8.60. The lowest BCUT2D eigenvalue weighted by molar-refractivity contribution is 0.103. The number of pyridine rings is 1. The molecule has 1 amide bonds. The Morgan fingerprint density at radius 2 is 2.17 bits per heavy atom. The van der Waals surface area contributed by atoms with E-state index in [-0.39, 0.29) is 11.5 Å². The van der Waals surface area contributed by atoms with Gasteiger partial charge in [-0.2, -0.15) is 0 Å². The first-order valence-electron chi connectivity index (χ1n) is 5.37. The second-order valence-electron chi connectivity index (χ2n) is 3.60. The monoisotopic (exact) mass is 374 g/mol. The van der Waals surface area contributed by atoms with E-state index in [0.29, 0.717) is 17.1 Å². The maximum absolute atomic E-state index is 11.9. The minimum absolute atomic E-state index is 0.0684. The molecule has 0 aliphatic carbocycles. The summed E-state index contributed by atoms with van der Waals surface area (Å²) in [5, 5.41) is 2.78. The van der Waals surface area contributed by atoms with Crippen molar-refractivity contribution in [2.45, 2.75) is 13.5 Å². The van der Waals surface area contributed by atoms with Crippen LogP contribution in [0.3, 0.4) is 0 Å². The molecule has 2 aromatic heterocycles. The molecule has 0 unspecified atom stereocenters. The molecule has 0 bridgehead atoms. The van der Waals surface area contributed by atoms with Crippen molar-refractivity contribution in [1.82, 2.24) is 4.57 Å². The molecule has 1 N–H and O–H groups in total. The Labute approximate surface area is 122 Å². The van der Waals surface area contributed by atoms with Gasteiger partial charge in [-0.25, -0.2) is 0 Å². The molecule has 0 spiro atoms. The zero-order chi connectivity index (χ0) is 13.1. The number of carbonyl (C=O) groups excluding carboxylic acids is 1. The van der Waals surface area contributed by atoms with E-state index < -0.39 is 0 Å². The van der Waals surface area contributed by atoms with Gasteiger partial charge >= 0.3 is 0 Å². The number of nitrogens with zero attached hydrogens (tertiary/aromatic N) is 1. The third-order valence-corrected chi connectivity index (χ3v) is 4.27. The molecule has 0 fully saturated rings. The number of hydrogen-bond acceptors (Lipinski definition) is 3. The molecule has 0 saturated carbocycles. The van der Waals surface area contributed by atoms with Gasteiger partial charge in [0.2, 0.25) is 0 Å². The highest BCUT2D eigenvalue weighted by Gasteiger charge is 2.09. The van der Waals surface area contributed by atoms with Crippen LogP contribution in [0, 0.1) is 2.88 Å². The first kappa shape index (κ1) is 13.3. The van der Waals surface area contributed by atoms with Crippen molar-refractivity contribution < 1.29 is 4.79 Å². The van der Waals surface area contributed by atoms with Crippen LogP contribution >= 0.6 is 33.9 Å². The molecule has 2 aromatic rings. The van der Waals surface area contributed by atoms with Crippen molar-refractivity contribution in [3.05, 3.63) is 48.6 Å². The quantitative estimate of drug-likeness (QED) is 0.841. The Bertz CT molecular complexity index is 633. The highest BCUT2D eigenvalue weighted by atomic mass is 127. The van der Waals surface area contributed by atoms with Gasteiger partial charge in [0.15, 0.2) is 0 Å². The van der Waals surface area contributed by atoms with Gasteiger partial charge in [0, 0.05) is 18.8 Å². The summed E-state index contributed by atoms with van der Waals surface area (Å²) in [6.07, 6.45) is 1.65. The average Bonchev–Trinajstić information content (AvgIpc) is 2.78. The van der Waals surface area contributed by atoms with Crippen molar-refractivity contribution in [2.24, 2.45) is 0 Å². The maximum atomic E-state index is 11.9. The van der Waals surface area contributed by atoms with E-state index in [1.807, 2.05) is 13.0 Å². The van der Waals surface area contributed by atoms with E-state index in [0.717, 1.165) is 2.88 Å². The van der Waals surface area contributed by atoms with Crippen molar-refractivity contribution >= 4 is 45.5 Å². The minimum Gasteiger partial charge on any atom is -0.320 e. The summed E-state index contributed by atoms with van der Waals surface area (Å²) >= 11 is 3.61. The van der Waals surface area contributed by atoms with Gasteiger partial charge in [-0.15, -0.1) is 11.3 Å². The number of thiophene rings is 1. The second kappa shape index (κ2) is 5.66. The zero-order valence-electron chi connectivity index (χ0n) is 9.64. The van der Waals surface area contributed by atoms with Crippen LogP contribution in [0.4, 0.5) is 5.69 Å². The summed E-state index contributed by atoms with van der Waals surface area (Å²) in [6.45, 7) is 2.47. The smallest absolute Gasteiger partial charge is 0.265 e. The third kappa shape index (κ3) is 2.99. The predicted molar refractivity (Wildman–Crippen MR) is 81.4 cm³/mol. The van der Waals surface area contributed by atoms with Crippen LogP contribution in [-0.2, 0) is 6.54 Å². The molecule has 2 heterocycles. The number of carbonyl (C=O) groups is 1. The number of aromatic nitrogens is 1. The minimum atomic E-state index is -0.149. The van der Waals surface area contributed by atoms with Crippen LogP contribution < -0.4 is 10.9 Å². The molecule has 0 aliphatic heterocycles. The van der Waals surface area contributed by atoms with Gasteiger partial charge < -0.3 is 9.88 Å². The van der Waals surface area contributed by atoms with E-state index in [9.17, 15) is 9.59 Å². The number of aryl methyl sites for hydroxylation is 1. The number of nitrogens with one attached hydrogen (secondary N) is 1. The molecular weight excluding hydrogens is 363 g/mol. The normalized spacial score (nSPS) is 10.3. The molecule has 18 heavy (non-hydrogen) atoms. The largest absolute Gasteiger partial charge is 0.320 e. The second-order valence-corrected chi connectivity index (χ2v) is 6.58. The molecular formula is C12H11IN2O2S. The van der Waals surface area contributed by atoms with Crippen LogP contribution in [0.1, 0.15) is 16.6 Å². The molecule has 0 atom stereocenters. The standard InChI is InChI=1S/C12H11IN2O2S/c1-2-15-7-8(3-6-11(15)16)14-12(17)9-4-5-10(13)18-9/h3-7H,2H2,1H3,(H,14,17). The zero-order valence-corrected chi connectivity index (χ0v) is 12.6. The lowest BCUT2D eigenvalue weighted by Crippen LogP contribution is -2.19. The summed E-state index contributed by atoms with van der Waals surface area (Å²) < 4.78 is 2.62. The van der Waals surface area contributed by atoms with E-state index in [1.165, 1.54) is 17.4 Å². The number of amides is 1. The van der Waals surface area contributed by atoms with Gasteiger partial charge in [-0.05, 0) is 47.7 Å². The molecule has 4 nitrogen and oxygen atoms in total. The van der Waals surface area contributed by atoms with Gasteiger partial charge in [0.25, 0.3) is 11.5 Å². The van der Waals surface area contributed by atoms with Crippen molar-refractivity contribution in [1.29, 1.82) is 0 Å². The van der Waals surface area contributed by atoms with Crippen LogP contribution in [0.25, 0.3) is 0 Å². The van der Waals surface area contributed by atoms with Gasteiger partial charge in [-0.3, -0.25) is 9.59 Å². The van der Waals surface area contributed by atoms with Crippen LogP contribution in [0.2, 0.25) is 0 Å². The lowest BCUT2D eigenvalue weighted by atomic mass is 10.3. The SMILES string of the molecule is CCn1cc(NC(=O)c2ccc(I)s2)ccc1=O. The topological polar surface area (TPSA) is 51.1 Å². The van der Waals surface area contributed by atoms with Crippen LogP contribution in [-0.4, -0.2) is 10.5 Å². The summed E-state index contributed by atoms with van der Waals surface area (Å²) in [4.78, 5) is 24.0. The summed E-state index contributed by atoms with van der Waals surface area (Å²) in [6, 6.07) is 6.76. The lowest BCUT2D eigenvalue weighted by Gasteiger charge is -2.06. The maximum Gasteiger partial charge on any atom is 0.265 e. The molecule has 94 valence electrons. The van der Waals surface area contributed by atoms with Crippen LogP contribution in [0.15, 0.2) is 35.3 Å². The molecule has 0 aromatic carbocycles. The molecule has 0 aliphatic rings. The Morgan fingerprint density at radius 3 is 2.78 bits per heavy atom. The number of anilines is 1. The molecule has 0 saturated heterocycles. The number of rotatable bonds is 3. The highest BCUT2D eigenvalue weighted by Crippen LogP contribution is 2.19. The fraction of sp³-hybridized carbons (Fsp3) is 0.167. The summed E-state index contributed by atoms with van der Waals surface area (Å²) in [5.74, 6) is -0.149. The Morgan fingerprint density at radius 1 is 1.39 bits per heavy atom. The summed E-state index contributed by atoms with van der Waals surface area (Å²) in [5.41, 5.74) is 0.561. The Kier molecular flexibility index (Phi) is 4.18. The van der Waals surface area contributed by atoms with Gasteiger partial charge in [0.1, 0.15) is 0 Å². The number of halogens is 1. The highest BCUT2D eigenvalue weighted by molar-refractivity contribution is 14.1. The van der Waals surface area contributed by atoms with Crippen molar-refractivity contribution in [3.8, 4) is 0 Å². The molecule has 6 heteroatoms. The van der Waals surface area contributed by atoms with E-state index in [4.69, 9.17) is 0 Å². The van der Waals surface area contributed by atoms with E-state index >= 15 is 0 Å². The molecule has 0 radical (unpaired) electrons. The fourth-order valence-corrected chi connectivity index (χ4v) is 3.00.